The standard InChI is InChI=1S/C50H31N3O/c1-4-15-32(16-5-1)47-51-48(33-17-6-2-7-18-33)53-49(52-47)39-24-14-26-45-46(39)41-31-37(27-28-44(41)54-45)50(36-21-8-3-9-22-36)42-25-13-12-23-38(42)40-29-34-19-10-11-20-35(34)30-43(40)50/h1-31H. The Kier molecular flexibility index (Phi) is 6.73. The molecule has 0 N–H and O–H groups in total. The van der Waals surface area contributed by atoms with Gasteiger partial charge in [-0.1, -0.05) is 158 Å². The monoisotopic (exact) mass is 689 g/mol. The molecule has 0 aliphatic heterocycles. The molecule has 1 aliphatic rings. The van der Waals surface area contributed by atoms with Crippen molar-refractivity contribution in [2.45, 2.75) is 5.41 Å². The summed E-state index contributed by atoms with van der Waals surface area (Å²) in [5.74, 6) is 1.85. The highest BCUT2D eigenvalue weighted by Gasteiger charge is 2.46. The highest BCUT2D eigenvalue weighted by Crippen LogP contribution is 2.57. The lowest BCUT2D eigenvalue weighted by atomic mass is 9.67. The van der Waals surface area contributed by atoms with Crippen molar-refractivity contribution in [2.24, 2.45) is 0 Å². The Bertz CT molecular complexity index is 2990. The quantitative estimate of drug-likeness (QED) is 0.180. The molecule has 1 aliphatic carbocycles. The molecule has 252 valence electrons. The molecule has 2 heterocycles. The molecule has 1 atom stereocenters. The van der Waals surface area contributed by atoms with Gasteiger partial charge in [0.15, 0.2) is 17.5 Å². The molecule has 1 unspecified atom stereocenters. The van der Waals surface area contributed by atoms with Crippen LogP contribution in [0.4, 0.5) is 0 Å². The molecular formula is C50H31N3O. The van der Waals surface area contributed by atoms with Gasteiger partial charge in [0.1, 0.15) is 11.2 Å². The Balaban J connectivity index is 1.20. The second kappa shape index (κ2) is 11.9. The fourth-order valence-corrected chi connectivity index (χ4v) is 8.62. The normalized spacial score (nSPS) is 14.7. The largest absolute Gasteiger partial charge is 0.456 e. The Morgan fingerprint density at radius 2 is 0.963 bits per heavy atom. The zero-order chi connectivity index (χ0) is 35.6. The van der Waals surface area contributed by atoms with Gasteiger partial charge in [0.05, 0.1) is 5.41 Å². The van der Waals surface area contributed by atoms with Gasteiger partial charge in [-0.15, -0.1) is 0 Å². The molecule has 0 saturated heterocycles. The number of hydrogen-bond acceptors (Lipinski definition) is 4. The lowest BCUT2D eigenvalue weighted by molar-refractivity contribution is 0.668. The van der Waals surface area contributed by atoms with Crippen molar-refractivity contribution in [3.8, 4) is 45.3 Å². The molecule has 54 heavy (non-hydrogen) atoms. The minimum absolute atomic E-state index is 0.571. The van der Waals surface area contributed by atoms with Gasteiger partial charge in [0, 0.05) is 27.5 Å². The zero-order valence-corrected chi connectivity index (χ0v) is 29.1. The van der Waals surface area contributed by atoms with Crippen molar-refractivity contribution >= 4 is 32.7 Å². The summed E-state index contributed by atoms with van der Waals surface area (Å²) in [6, 6.07) is 66.4. The Labute approximate surface area is 312 Å². The van der Waals surface area contributed by atoms with Crippen LogP contribution >= 0.6 is 0 Å². The van der Waals surface area contributed by atoms with Crippen LogP contribution in [0.3, 0.4) is 0 Å². The second-order valence-corrected chi connectivity index (χ2v) is 13.9. The molecule has 4 heteroatoms. The Hall–Kier alpha value is -7.17. The van der Waals surface area contributed by atoms with Gasteiger partial charge in [-0.25, -0.2) is 15.0 Å². The smallest absolute Gasteiger partial charge is 0.164 e. The van der Waals surface area contributed by atoms with E-state index in [4.69, 9.17) is 19.4 Å². The van der Waals surface area contributed by atoms with Gasteiger partial charge in [-0.2, -0.15) is 0 Å². The summed E-state index contributed by atoms with van der Waals surface area (Å²) in [4.78, 5) is 15.2. The maximum Gasteiger partial charge on any atom is 0.164 e. The molecule has 0 amide bonds. The first-order valence-corrected chi connectivity index (χ1v) is 18.3. The fraction of sp³-hybridized carbons (Fsp3) is 0.0200. The first-order valence-electron chi connectivity index (χ1n) is 18.3. The van der Waals surface area contributed by atoms with Gasteiger partial charge in [0.2, 0.25) is 0 Å². The van der Waals surface area contributed by atoms with Crippen LogP contribution in [-0.4, -0.2) is 15.0 Å². The summed E-state index contributed by atoms with van der Waals surface area (Å²) in [5.41, 5.74) is 11.2. The van der Waals surface area contributed by atoms with Gasteiger partial charge in [0.25, 0.3) is 0 Å². The van der Waals surface area contributed by atoms with Crippen LogP contribution in [0.1, 0.15) is 22.3 Å². The van der Waals surface area contributed by atoms with E-state index < -0.39 is 5.41 Å². The van der Waals surface area contributed by atoms with Crippen LogP contribution in [0.2, 0.25) is 0 Å². The van der Waals surface area contributed by atoms with E-state index in [9.17, 15) is 0 Å². The van der Waals surface area contributed by atoms with E-state index in [0.717, 1.165) is 38.6 Å². The van der Waals surface area contributed by atoms with Crippen molar-refractivity contribution in [1.29, 1.82) is 0 Å². The summed E-state index contributed by atoms with van der Waals surface area (Å²) in [6.07, 6.45) is 0. The van der Waals surface area contributed by atoms with Gasteiger partial charge in [-0.05, 0) is 74.5 Å². The first-order chi connectivity index (χ1) is 26.8. The van der Waals surface area contributed by atoms with E-state index in [-0.39, 0.29) is 0 Å². The number of fused-ring (bicyclic) bond motifs is 7. The highest BCUT2D eigenvalue weighted by molar-refractivity contribution is 6.12. The Morgan fingerprint density at radius 1 is 0.370 bits per heavy atom. The summed E-state index contributed by atoms with van der Waals surface area (Å²) >= 11 is 0. The van der Waals surface area contributed by atoms with E-state index in [1.165, 1.54) is 44.2 Å². The minimum Gasteiger partial charge on any atom is -0.456 e. The molecule has 2 aromatic heterocycles. The van der Waals surface area contributed by atoms with Gasteiger partial charge < -0.3 is 4.42 Å². The predicted molar refractivity (Wildman–Crippen MR) is 218 cm³/mol. The van der Waals surface area contributed by atoms with Crippen molar-refractivity contribution < 1.29 is 4.42 Å². The summed E-state index contributed by atoms with van der Waals surface area (Å²) in [7, 11) is 0. The van der Waals surface area contributed by atoms with Crippen LogP contribution in [0.5, 0.6) is 0 Å². The van der Waals surface area contributed by atoms with Crippen LogP contribution in [-0.2, 0) is 5.41 Å². The number of rotatable bonds is 5. The molecule has 0 fully saturated rings. The van der Waals surface area contributed by atoms with Crippen LogP contribution in [0.25, 0.3) is 78.0 Å². The fourth-order valence-electron chi connectivity index (χ4n) is 8.62. The molecule has 4 nitrogen and oxygen atoms in total. The third-order valence-electron chi connectivity index (χ3n) is 11.0. The van der Waals surface area contributed by atoms with Crippen LogP contribution < -0.4 is 0 Å². The second-order valence-electron chi connectivity index (χ2n) is 13.9. The number of hydrogen-bond donors (Lipinski definition) is 0. The van der Waals surface area contributed by atoms with Crippen molar-refractivity contribution in [1.82, 2.24) is 15.0 Å². The highest BCUT2D eigenvalue weighted by atomic mass is 16.3. The van der Waals surface area contributed by atoms with E-state index in [2.05, 4.69) is 115 Å². The Morgan fingerprint density at radius 3 is 1.69 bits per heavy atom. The van der Waals surface area contributed by atoms with Gasteiger partial charge >= 0.3 is 0 Å². The first kappa shape index (κ1) is 30.5. The molecule has 11 rings (SSSR count). The molecule has 0 bridgehead atoms. The number of furan rings is 1. The number of benzene rings is 8. The molecule has 0 saturated carbocycles. The summed E-state index contributed by atoms with van der Waals surface area (Å²) < 4.78 is 6.63. The van der Waals surface area contributed by atoms with Gasteiger partial charge in [-0.3, -0.25) is 0 Å². The maximum absolute atomic E-state index is 6.63. The SMILES string of the molecule is c1ccc(-c2nc(-c3ccccc3)nc(-c3cccc4oc5ccc(C6(c7ccccc7)c7ccccc7-c7cc8ccccc8cc76)cc5c34)n2)cc1. The topological polar surface area (TPSA) is 51.8 Å². The number of nitrogens with zero attached hydrogens (tertiary/aromatic N) is 3. The van der Waals surface area contributed by atoms with E-state index in [0.29, 0.717) is 17.5 Å². The minimum atomic E-state index is -0.571. The van der Waals surface area contributed by atoms with Crippen molar-refractivity contribution in [2.75, 3.05) is 0 Å². The van der Waals surface area contributed by atoms with Crippen LogP contribution in [0, 0.1) is 0 Å². The maximum atomic E-state index is 6.63. The third-order valence-corrected chi connectivity index (χ3v) is 11.0. The van der Waals surface area contributed by atoms with Crippen molar-refractivity contribution in [3.05, 3.63) is 210 Å². The molecule has 0 spiro atoms. The lowest BCUT2D eigenvalue weighted by Crippen LogP contribution is -2.28. The third kappa shape index (κ3) is 4.53. The van der Waals surface area contributed by atoms with Crippen LogP contribution in [0.15, 0.2) is 192 Å². The predicted octanol–water partition coefficient (Wildman–Crippen LogP) is 12.3. The van der Waals surface area contributed by atoms with E-state index in [1.54, 1.807) is 0 Å². The van der Waals surface area contributed by atoms with E-state index in [1.807, 2.05) is 72.8 Å². The molecule has 10 aromatic rings. The average molecular weight is 690 g/mol. The van der Waals surface area contributed by atoms with E-state index >= 15 is 0 Å². The van der Waals surface area contributed by atoms with Crippen molar-refractivity contribution in [3.63, 3.8) is 0 Å². The molecule has 0 radical (unpaired) electrons. The molecule has 8 aromatic carbocycles. The zero-order valence-electron chi connectivity index (χ0n) is 29.1. The summed E-state index contributed by atoms with van der Waals surface area (Å²) in [5, 5.41) is 4.45. The molecular weight excluding hydrogens is 659 g/mol. The number of aromatic nitrogens is 3. The lowest BCUT2D eigenvalue weighted by Gasteiger charge is -2.34. The summed E-state index contributed by atoms with van der Waals surface area (Å²) in [6.45, 7) is 0. The average Bonchev–Trinajstić information content (AvgIpc) is 3.77.